The third-order valence-electron chi connectivity index (χ3n) is 3.59. The molecule has 102 valence electrons. The van der Waals surface area contributed by atoms with Gasteiger partial charge >= 0.3 is 0 Å². The molecule has 1 fully saturated rings. The lowest BCUT2D eigenvalue weighted by Crippen LogP contribution is -2.37. The normalized spacial score (nSPS) is 18.4. The minimum Gasteiger partial charge on any atom is -0.326 e. The Kier molecular flexibility index (Phi) is 4.42. The van der Waals surface area contributed by atoms with Crippen molar-refractivity contribution in [3.05, 3.63) is 17.0 Å². The molecular weight excluding hydrogens is 268 g/mol. The highest BCUT2D eigenvalue weighted by Gasteiger charge is 2.29. The SMILES string of the molecule is CN(C1CCCCC1)S(=O)(=O)c1cc(CN)cs1. The molecule has 0 radical (unpaired) electrons. The molecule has 18 heavy (non-hydrogen) atoms. The molecule has 0 aromatic carbocycles. The van der Waals surface area contributed by atoms with E-state index in [1.165, 1.54) is 17.8 Å². The second kappa shape index (κ2) is 5.69. The molecule has 1 aliphatic rings. The summed E-state index contributed by atoms with van der Waals surface area (Å²) in [5, 5.41) is 1.82. The van der Waals surface area contributed by atoms with Crippen LogP contribution in [0.15, 0.2) is 15.7 Å². The van der Waals surface area contributed by atoms with E-state index in [0.29, 0.717) is 10.8 Å². The van der Waals surface area contributed by atoms with Crippen molar-refractivity contribution >= 4 is 21.4 Å². The van der Waals surface area contributed by atoms with Crippen molar-refractivity contribution in [1.29, 1.82) is 0 Å². The van der Waals surface area contributed by atoms with E-state index in [1.807, 2.05) is 5.38 Å². The molecule has 0 atom stereocenters. The first kappa shape index (κ1) is 14.0. The van der Waals surface area contributed by atoms with Gasteiger partial charge in [0.05, 0.1) is 0 Å². The molecule has 0 spiro atoms. The molecule has 6 heteroatoms. The van der Waals surface area contributed by atoms with Gasteiger partial charge in [-0.3, -0.25) is 0 Å². The molecule has 0 unspecified atom stereocenters. The van der Waals surface area contributed by atoms with E-state index < -0.39 is 10.0 Å². The van der Waals surface area contributed by atoms with E-state index >= 15 is 0 Å². The lowest BCUT2D eigenvalue weighted by Gasteiger charge is -2.29. The molecule has 1 aromatic rings. The molecule has 0 amide bonds. The summed E-state index contributed by atoms with van der Waals surface area (Å²) in [6.07, 6.45) is 5.43. The molecule has 0 bridgehead atoms. The lowest BCUT2D eigenvalue weighted by atomic mass is 9.96. The van der Waals surface area contributed by atoms with Crippen LogP contribution in [0.25, 0.3) is 0 Å². The average molecular weight is 288 g/mol. The summed E-state index contributed by atoms with van der Waals surface area (Å²) in [6, 6.07) is 1.85. The van der Waals surface area contributed by atoms with Crippen LogP contribution in [0.1, 0.15) is 37.7 Å². The monoisotopic (exact) mass is 288 g/mol. The number of thiophene rings is 1. The van der Waals surface area contributed by atoms with Crippen LogP contribution in [0.3, 0.4) is 0 Å². The van der Waals surface area contributed by atoms with Crippen LogP contribution in [0.2, 0.25) is 0 Å². The van der Waals surface area contributed by atoms with Gasteiger partial charge in [-0.05, 0) is 29.9 Å². The molecule has 1 saturated carbocycles. The van der Waals surface area contributed by atoms with Crippen molar-refractivity contribution < 1.29 is 8.42 Å². The maximum atomic E-state index is 12.5. The first-order valence-electron chi connectivity index (χ1n) is 6.31. The van der Waals surface area contributed by atoms with E-state index in [9.17, 15) is 8.42 Å². The Morgan fingerprint density at radius 3 is 2.61 bits per heavy atom. The van der Waals surface area contributed by atoms with Crippen molar-refractivity contribution in [2.75, 3.05) is 7.05 Å². The van der Waals surface area contributed by atoms with Crippen molar-refractivity contribution in [3.63, 3.8) is 0 Å². The minimum absolute atomic E-state index is 0.159. The molecule has 0 saturated heterocycles. The van der Waals surface area contributed by atoms with Crippen LogP contribution in [0.4, 0.5) is 0 Å². The van der Waals surface area contributed by atoms with Gasteiger partial charge in [0.15, 0.2) is 0 Å². The number of nitrogens with two attached hydrogens (primary N) is 1. The van der Waals surface area contributed by atoms with Gasteiger partial charge in [0.2, 0.25) is 0 Å². The minimum atomic E-state index is -3.33. The summed E-state index contributed by atoms with van der Waals surface area (Å²) in [5.74, 6) is 0. The predicted molar refractivity (Wildman–Crippen MR) is 74.0 cm³/mol. The Morgan fingerprint density at radius 2 is 2.06 bits per heavy atom. The first-order valence-corrected chi connectivity index (χ1v) is 8.63. The van der Waals surface area contributed by atoms with E-state index in [-0.39, 0.29) is 6.04 Å². The quantitative estimate of drug-likeness (QED) is 0.923. The lowest BCUT2D eigenvalue weighted by molar-refractivity contribution is 0.286. The molecule has 1 heterocycles. The fourth-order valence-electron chi connectivity index (χ4n) is 2.38. The Hall–Kier alpha value is -0.430. The summed E-state index contributed by atoms with van der Waals surface area (Å²) >= 11 is 1.26. The Bertz CT molecular complexity index is 490. The van der Waals surface area contributed by atoms with E-state index in [0.717, 1.165) is 31.2 Å². The maximum absolute atomic E-state index is 12.5. The van der Waals surface area contributed by atoms with Crippen LogP contribution < -0.4 is 5.73 Å². The van der Waals surface area contributed by atoms with Gasteiger partial charge < -0.3 is 5.73 Å². The zero-order valence-corrected chi connectivity index (χ0v) is 12.3. The van der Waals surface area contributed by atoms with E-state index in [1.54, 1.807) is 17.4 Å². The van der Waals surface area contributed by atoms with Gasteiger partial charge in [-0.2, -0.15) is 4.31 Å². The smallest absolute Gasteiger partial charge is 0.252 e. The molecule has 1 aromatic heterocycles. The van der Waals surface area contributed by atoms with Crippen molar-refractivity contribution in [1.82, 2.24) is 4.31 Å². The van der Waals surface area contributed by atoms with Crippen LogP contribution >= 0.6 is 11.3 Å². The largest absolute Gasteiger partial charge is 0.326 e. The molecular formula is C12H20N2O2S2. The van der Waals surface area contributed by atoms with E-state index in [2.05, 4.69) is 0 Å². The van der Waals surface area contributed by atoms with Gasteiger partial charge in [0.1, 0.15) is 4.21 Å². The maximum Gasteiger partial charge on any atom is 0.252 e. The average Bonchev–Trinajstić information content (AvgIpc) is 2.88. The predicted octanol–water partition coefficient (Wildman–Crippen LogP) is 2.16. The number of hydrogen-bond acceptors (Lipinski definition) is 4. The Labute approximate surface area is 113 Å². The highest BCUT2D eigenvalue weighted by Crippen LogP contribution is 2.29. The highest BCUT2D eigenvalue weighted by atomic mass is 32.2. The number of sulfonamides is 1. The number of hydrogen-bond donors (Lipinski definition) is 1. The topological polar surface area (TPSA) is 63.4 Å². The molecule has 2 N–H and O–H groups in total. The third kappa shape index (κ3) is 2.77. The fourth-order valence-corrected chi connectivity index (χ4v) is 5.20. The highest BCUT2D eigenvalue weighted by molar-refractivity contribution is 7.91. The Morgan fingerprint density at radius 1 is 1.39 bits per heavy atom. The van der Waals surface area contributed by atoms with Crippen LogP contribution in [-0.2, 0) is 16.6 Å². The molecule has 2 rings (SSSR count). The van der Waals surface area contributed by atoms with Gasteiger partial charge in [0.25, 0.3) is 10.0 Å². The van der Waals surface area contributed by atoms with Crippen LogP contribution in [-0.4, -0.2) is 25.8 Å². The van der Waals surface area contributed by atoms with Crippen molar-refractivity contribution in [2.24, 2.45) is 5.73 Å². The number of rotatable bonds is 4. The van der Waals surface area contributed by atoms with Gasteiger partial charge in [-0.25, -0.2) is 8.42 Å². The zero-order valence-electron chi connectivity index (χ0n) is 10.6. The summed E-state index contributed by atoms with van der Waals surface area (Å²) < 4.78 is 26.9. The second-order valence-corrected chi connectivity index (χ2v) is 7.93. The van der Waals surface area contributed by atoms with Gasteiger partial charge in [0, 0.05) is 19.6 Å². The first-order chi connectivity index (χ1) is 8.55. The second-order valence-electron chi connectivity index (χ2n) is 4.79. The van der Waals surface area contributed by atoms with Crippen molar-refractivity contribution in [2.45, 2.75) is 48.9 Å². The van der Waals surface area contributed by atoms with Gasteiger partial charge in [-0.15, -0.1) is 11.3 Å². The molecule has 0 aliphatic heterocycles. The van der Waals surface area contributed by atoms with E-state index in [4.69, 9.17) is 5.73 Å². The summed E-state index contributed by atoms with van der Waals surface area (Å²) in [6.45, 7) is 0.388. The third-order valence-corrected chi connectivity index (χ3v) is 6.96. The van der Waals surface area contributed by atoms with Crippen molar-refractivity contribution in [3.8, 4) is 0 Å². The van der Waals surface area contributed by atoms with Crippen LogP contribution in [0.5, 0.6) is 0 Å². The molecule has 4 nitrogen and oxygen atoms in total. The molecule has 1 aliphatic carbocycles. The number of nitrogens with zero attached hydrogens (tertiary/aromatic N) is 1. The van der Waals surface area contributed by atoms with Gasteiger partial charge in [-0.1, -0.05) is 19.3 Å². The zero-order chi connectivity index (χ0) is 13.2. The Balaban J connectivity index is 2.18. The summed E-state index contributed by atoms with van der Waals surface area (Å²) in [4.78, 5) is 0. The van der Waals surface area contributed by atoms with Crippen LogP contribution in [0, 0.1) is 0 Å². The summed E-state index contributed by atoms with van der Waals surface area (Å²) in [5.41, 5.74) is 6.41. The summed E-state index contributed by atoms with van der Waals surface area (Å²) in [7, 11) is -1.63. The standard InChI is InChI=1S/C12H20N2O2S2/c1-14(11-5-3-2-4-6-11)18(15,16)12-7-10(8-13)9-17-12/h7,9,11H,2-6,8,13H2,1H3. The fraction of sp³-hybridized carbons (Fsp3) is 0.667.